The van der Waals surface area contributed by atoms with Crippen LogP contribution in [0, 0.1) is 5.82 Å². The van der Waals surface area contributed by atoms with Gasteiger partial charge in [-0.05, 0) is 12.1 Å². The van der Waals surface area contributed by atoms with Gasteiger partial charge in [0.05, 0.1) is 18.7 Å². The van der Waals surface area contributed by atoms with Crippen molar-refractivity contribution in [1.29, 1.82) is 0 Å². The average molecular weight is 279 g/mol. The molecule has 7 heteroatoms. The highest BCUT2D eigenvalue weighted by atomic mass is 19.1. The van der Waals surface area contributed by atoms with Gasteiger partial charge >= 0.3 is 0 Å². The number of nitrogens with zero attached hydrogens (tertiary/aromatic N) is 1. The normalized spacial score (nSPS) is 14.7. The Morgan fingerprint density at radius 3 is 2.80 bits per heavy atom. The topological polar surface area (TPSA) is 78.5 Å². The van der Waals surface area contributed by atoms with Crippen LogP contribution in [-0.2, 0) is 9.59 Å². The third-order valence-corrected chi connectivity index (χ3v) is 2.91. The summed E-state index contributed by atoms with van der Waals surface area (Å²) in [5.41, 5.74) is -0.114. The van der Waals surface area contributed by atoms with Gasteiger partial charge in [0.15, 0.2) is 0 Å². The fourth-order valence-electron chi connectivity index (χ4n) is 1.86. The SMILES string of the molecule is O=C1CN(C(=O)CNC(=O)c2ccccc2F)CCN1. The number of carbonyl (C=O) groups excluding carboxylic acids is 3. The Morgan fingerprint density at radius 2 is 2.10 bits per heavy atom. The van der Waals surface area contributed by atoms with Crippen molar-refractivity contribution in [2.45, 2.75) is 0 Å². The fourth-order valence-corrected chi connectivity index (χ4v) is 1.86. The number of carbonyl (C=O) groups is 3. The van der Waals surface area contributed by atoms with Crippen molar-refractivity contribution in [3.05, 3.63) is 35.6 Å². The monoisotopic (exact) mass is 279 g/mol. The Morgan fingerprint density at radius 1 is 1.35 bits per heavy atom. The van der Waals surface area contributed by atoms with E-state index >= 15 is 0 Å². The molecule has 0 bridgehead atoms. The molecule has 0 spiro atoms. The van der Waals surface area contributed by atoms with Crippen LogP contribution < -0.4 is 10.6 Å². The Labute approximate surface area is 114 Å². The molecule has 6 nitrogen and oxygen atoms in total. The zero-order chi connectivity index (χ0) is 14.5. The van der Waals surface area contributed by atoms with E-state index in [1.54, 1.807) is 0 Å². The molecule has 1 aliphatic rings. The first kappa shape index (κ1) is 14.0. The number of hydrogen-bond acceptors (Lipinski definition) is 3. The summed E-state index contributed by atoms with van der Waals surface area (Å²) in [6, 6.07) is 5.52. The van der Waals surface area contributed by atoms with Crippen molar-refractivity contribution in [2.24, 2.45) is 0 Å². The Balaban J connectivity index is 1.89. The van der Waals surface area contributed by atoms with Crippen molar-refractivity contribution in [3.8, 4) is 0 Å². The fraction of sp³-hybridized carbons (Fsp3) is 0.308. The van der Waals surface area contributed by atoms with E-state index in [1.807, 2.05) is 0 Å². The van der Waals surface area contributed by atoms with Crippen LogP contribution in [-0.4, -0.2) is 48.8 Å². The van der Waals surface area contributed by atoms with Gasteiger partial charge in [-0.1, -0.05) is 12.1 Å². The van der Waals surface area contributed by atoms with Crippen LogP contribution in [0.2, 0.25) is 0 Å². The molecule has 0 aliphatic carbocycles. The third kappa shape index (κ3) is 3.31. The number of hydrogen-bond donors (Lipinski definition) is 2. The first-order valence-electron chi connectivity index (χ1n) is 6.15. The minimum absolute atomic E-state index is 0.0194. The molecule has 0 unspecified atom stereocenters. The quantitative estimate of drug-likeness (QED) is 0.784. The second-order valence-electron chi connectivity index (χ2n) is 4.33. The molecule has 106 valence electrons. The average Bonchev–Trinajstić information content (AvgIpc) is 2.45. The van der Waals surface area contributed by atoms with Crippen LogP contribution in [0.3, 0.4) is 0 Å². The molecule has 1 aromatic rings. The lowest BCUT2D eigenvalue weighted by Crippen LogP contribution is -2.52. The van der Waals surface area contributed by atoms with E-state index < -0.39 is 11.7 Å². The summed E-state index contributed by atoms with van der Waals surface area (Å²) in [5.74, 6) is -1.90. The molecular weight excluding hydrogens is 265 g/mol. The minimum atomic E-state index is -0.655. The summed E-state index contributed by atoms with van der Waals surface area (Å²) in [4.78, 5) is 36.0. The largest absolute Gasteiger partial charge is 0.353 e. The maximum atomic E-state index is 13.4. The van der Waals surface area contributed by atoms with Crippen LogP contribution in [0.15, 0.2) is 24.3 Å². The van der Waals surface area contributed by atoms with E-state index in [0.717, 1.165) is 0 Å². The van der Waals surface area contributed by atoms with E-state index in [9.17, 15) is 18.8 Å². The predicted octanol–water partition coefficient (Wildman–Crippen LogP) is -0.486. The molecule has 0 saturated carbocycles. The van der Waals surface area contributed by atoms with Gasteiger partial charge in [-0.25, -0.2) is 4.39 Å². The van der Waals surface area contributed by atoms with Crippen molar-refractivity contribution in [2.75, 3.05) is 26.2 Å². The van der Waals surface area contributed by atoms with Crippen molar-refractivity contribution in [1.82, 2.24) is 15.5 Å². The Hall–Kier alpha value is -2.44. The first-order chi connectivity index (χ1) is 9.58. The predicted molar refractivity (Wildman–Crippen MR) is 68.3 cm³/mol. The van der Waals surface area contributed by atoms with Crippen molar-refractivity contribution in [3.63, 3.8) is 0 Å². The van der Waals surface area contributed by atoms with Crippen molar-refractivity contribution < 1.29 is 18.8 Å². The number of piperazine rings is 1. The third-order valence-electron chi connectivity index (χ3n) is 2.91. The highest BCUT2D eigenvalue weighted by molar-refractivity contribution is 5.97. The molecule has 3 amide bonds. The van der Waals surface area contributed by atoms with E-state index in [0.29, 0.717) is 13.1 Å². The molecule has 2 N–H and O–H groups in total. The van der Waals surface area contributed by atoms with E-state index in [-0.39, 0.29) is 30.5 Å². The Kier molecular flexibility index (Phi) is 4.29. The van der Waals surface area contributed by atoms with Gasteiger partial charge in [-0.2, -0.15) is 0 Å². The van der Waals surface area contributed by atoms with E-state index in [4.69, 9.17) is 0 Å². The van der Waals surface area contributed by atoms with Gasteiger partial charge in [-0.15, -0.1) is 0 Å². The smallest absolute Gasteiger partial charge is 0.254 e. The summed E-state index contributed by atoms with van der Waals surface area (Å²) in [7, 11) is 0. The minimum Gasteiger partial charge on any atom is -0.353 e. The molecule has 20 heavy (non-hydrogen) atoms. The molecule has 1 aromatic carbocycles. The molecule has 2 rings (SSSR count). The van der Waals surface area contributed by atoms with Gasteiger partial charge in [0.25, 0.3) is 5.91 Å². The zero-order valence-corrected chi connectivity index (χ0v) is 10.7. The molecule has 0 aromatic heterocycles. The summed E-state index contributed by atoms with van der Waals surface area (Å²) < 4.78 is 13.4. The standard InChI is InChI=1S/C13H14FN3O3/c14-10-4-2-1-3-9(10)13(20)16-7-12(19)17-6-5-15-11(18)8-17/h1-4H,5-8H2,(H,15,18)(H,16,20). The van der Waals surface area contributed by atoms with Gasteiger partial charge < -0.3 is 15.5 Å². The molecule has 1 aliphatic heterocycles. The van der Waals surface area contributed by atoms with Crippen LogP contribution in [0.5, 0.6) is 0 Å². The molecule has 0 radical (unpaired) electrons. The van der Waals surface area contributed by atoms with Crippen LogP contribution in [0.4, 0.5) is 4.39 Å². The summed E-state index contributed by atoms with van der Waals surface area (Å²) in [6.07, 6.45) is 0. The van der Waals surface area contributed by atoms with Gasteiger partial charge in [-0.3, -0.25) is 14.4 Å². The summed E-state index contributed by atoms with van der Waals surface area (Å²) in [6.45, 7) is 0.515. The first-order valence-corrected chi connectivity index (χ1v) is 6.15. The van der Waals surface area contributed by atoms with Crippen molar-refractivity contribution >= 4 is 17.7 Å². The molecule has 1 fully saturated rings. The lowest BCUT2D eigenvalue weighted by Gasteiger charge is -2.26. The lowest BCUT2D eigenvalue weighted by molar-refractivity contribution is -0.137. The maximum Gasteiger partial charge on any atom is 0.254 e. The number of nitrogens with one attached hydrogen (secondary N) is 2. The van der Waals surface area contributed by atoms with E-state index in [1.165, 1.54) is 29.2 Å². The number of benzene rings is 1. The second-order valence-corrected chi connectivity index (χ2v) is 4.33. The highest BCUT2D eigenvalue weighted by Gasteiger charge is 2.21. The second kappa shape index (κ2) is 6.14. The summed E-state index contributed by atoms with van der Waals surface area (Å²) >= 11 is 0. The van der Waals surface area contributed by atoms with E-state index in [2.05, 4.69) is 10.6 Å². The number of rotatable bonds is 3. The van der Waals surface area contributed by atoms with Gasteiger partial charge in [0.1, 0.15) is 5.82 Å². The number of amides is 3. The molecule has 1 heterocycles. The van der Waals surface area contributed by atoms with Gasteiger partial charge in [0.2, 0.25) is 11.8 Å². The lowest BCUT2D eigenvalue weighted by atomic mass is 10.2. The highest BCUT2D eigenvalue weighted by Crippen LogP contribution is 2.05. The summed E-state index contributed by atoms with van der Waals surface area (Å²) in [5, 5.41) is 4.95. The van der Waals surface area contributed by atoms with Crippen LogP contribution in [0.1, 0.15) is 10.4 Å². The molecular formula is C13H14FN3O3. The maximum absolute atomic E-state index is 13.4. The zero-order valence-electron chi connectivity index (χ0n) is 10.7. The van der Waals surface area contributed by atoms with Crippen LogP contribution in [0.25, 0.3) is 0 Å². The number of halogens is 1. The van der Waals surface area contributed by atoms with Gasteiger partial charge in [0, 0.05) is 13.1 Å². The molecule has 0 atom stereocenters. The Bertz CT molecular complexity index is 547. The van der Waals surface area contributed by atoms with Crippen LogP contribution >= 0.6 is 0 Å². The molecule has 1 saturated heterocycles.